The highest BCUT2D eigenvalue weighted by Crippen LogP contribution is 2.44. The lowest BCUT2D eigenvalue weighted by Crippen LogP contribution is -2.65. The van der Waals surface area contributed by atoms with E-state index in [4.69, 9.17) is 4.74 Å². The van der Waals surface area contributed by atoms with E-state index in [2.05, 4.69) is 15.1 Å². The molecule has 3 heterocycles. The van der Waals surface area contributed by atoms with Crippen molar-refractivity contribution in [1.82, 2.24) is 9.80 Å². The lowest BCUT2D eigenvalue weighted by atomic mass is 9.69. The highest BCUT2D eigenvalue weighted by molar-refractivity contribution is 5.97. The van der Waals surface area contributed by atoms with Crippen LogP contribution < -0.4 is 10.1 Å². The quantitative estimate of drug-likeness (QED) is 0.624. The van der Waals surface area contributed by atoms with Crippen molar-refractivity contribution in [3.05, 3.63) is 60.2 Å². The van der Waals surface area contributed by atoms with Crippen molar-refractivity contribution in [2.45, 2.75) is 57.0 Å². The summed E-state index contributed by atoms with van der Waals surface area (Å²) < 4.78 is 5.54. The first kappa shape index (κ1) is 23.9. The van der Waals surface area contributed by atoms with E-state index in [0.29, 0.717) is 35.6 Å². The standard InChI is InChI=1S/C29H37N3O3/c1-35-26-16-6-5-13-24(26)29(34)32-20-21-10-8-18-31-19-9-14-23(28(21)31)25(32)15-7-17-27(33)30-22-11-3-2-4-12-22/h2-6,11-13,16,21,23,25,28H,7-10,14-15,17-20H2,1H3,(H,30,33)/t21-,23+,25+,28-/m0/s1. The average molecular weight is 476 g/mol. The molecule has 3 saturated heterocycles. The van der Waals surface area contributed by atoms with Crippen LogP contribution in [0.3, 0.4) is 0 Å². The molecule has 0 saturated carbocycles. The Morgan fingerprint density at radius 3 is 2.54 bits per heavy atom. The number of likely N-dealkylation sites (tertiary alicyclic amines) is 1. The molecule has 3 aliphatic rings. The highest BCUT2D eigenvalue weighted by atomic mass is 16.5. The summed E-state index contributed by atoms with van der Waals surface area (Å²) in [4.78, 5) is 31.4. The van der Waals surface area contributed by atoms with E-state index in [1.165, 1.54) is 32.4 Å². The van der Waals surface area contributed by atoms with Crippen LogP contribution in [0, 0.1) is 11.8 Å². The molecule has 35 heavy (non-hydrogen) atoms. The third-order valence-corrected chi connectivity index (χ3v) is 8.23. The molecule has 0 spiro atoms. The largest absolute Gasteiger partial charge is 0.496 e. The van der Waals surface area contributed by atoms with Gasteiger partial charge >= 0.3 is 0 Å². The summed E-state index contributed by atoms with van der Waals surface area (Å²) in [6.07, 6.45) is 6.85. The lowest BCUT2D eigenvalue weighted by molar-refractivity contribution is -0.116. The molecule has 0 aromatic heterocycles. The molecule has 0 aliphatic carbocycles. The van der Waals surface area contributed by atoms with Crippen LogP contribution in [0.2, 0.25) is 0 Å². The van der Waals surface area contributed by atoms with Gasteiger partial charge in [0.1, 0.15) is 5.75 Å². The number of benzene rings is 2. The number of nitrogens with zero attached hydrogens (tertiary/aromatic N) is 2. The van der Waals surface area contributed by atoms with E-state index in [-0.39, 0.29) is 17.9 Å². The summed E-state index contributed by atoms with van der Waals surface area (Å²) in [6.45, 7) is 3.17. The number of piperidine rings is 3. The predicted molar refractivity (Wildman–Crippen MR) is 138 cm³/mol. The van der Waals surface area contributed by atoms with E-state index in [0.717, 1.165) is 31.5 Å². The topological polar surface area (TPSA) is 61.9 Å². The summed E-state index contributed by atoms with van der Waals surface area (Å²) in [5.41, 5.74) is 1.47. The Balaban J connectivity index is 1.34. The maximum Gasteiger partial charge on any atom is 0.257 e. The van der Waals surface area contributed by atoms with Gasteiger partial charge in [0.25, 0.3) is 5.91 Å². The molecule has 3 aliphatic heterocycles. The number of amides is 2. The van der Waals surface area contributed by atoms with Gasteiger partial charge in [-0.3, -0.25) is 14.5 Å². The zero-order valence-corrected chi connectivity index (χ0v) is 20.7. The summed E-state index contributed by atoms with van der Waals surface area (Å²) >= 11 is 0. The van der Waals surface area contributed by atoms with Gasteiger partial charge in [0.2, 0.25) is 5.91 Å². The number of rotatable bonds is 7. The van der Waals surface area contributed by atoms with Crippen LogP contribution in [-0.2, 0) is 4.79 Å². The van der Waals surface area contributed by atoms with E-state index in [9.17, 15) is 9.59 Å². The number of carbonyl (C=O) groups is 2. The first-order valence-electron chi connectivity index (χ1n) is 13.2. The second-order valence-corrected chi connectivity index (χ2v) is 10.3. The number of hydrogen-bond acceptors (Lipinski definition) is 4. The Hall–Kier alpha value is -2.86. The van der Waals surface area contributed by atoms with Crippen LogP contribution in [-0.4, -0.2) is 60.4 Å². The molecule has 2 aromatic rings. The Morgan fingerprint density at radius 2 is 1.74 bits per heavy atom. The number of hydrogen-bond donors (Lipinski definition) is 1. The SMILES string of the molecule is COc1ccccc1C(=O)N1C[C@@H]2CCCN3CCC[C@@H]([C@H]23)[C@H]1CCCC(=O)Nc1ccccc1. The van der Waals surface area contributed by atoms with Gasteiger partial charge in [-0.1, -0.05) is 30.3 Å². The number of methoxy groups -OCH3 is 1. The molecular weight excluding hydrogens is 438 g/mol. The Labute approximate surface area is 208 Å². The van der Waals surface area contributed by atoms with E-state index in [1.807, 2.05) is 54.6 Å². The van der Waals surface area contributed by atoms with Gasteiger partial charge in [0, 0.05) is 30.7 Å². The fourth-order valence-electron chi connectivity index (χ4n) is 6.79. The lowest BCUT2D eigenvalue weighted by Gasteiger charge is -2.57. The zero-order valence-electron chi connectivity index (χ0n) is 20.7. The third-order valence-electron chi connectivity index (χ3n) is 8.23. The summed E-state index contributed by atoms with van der Waals surface area (Å²) in [7, 11) is 1.63. The van der Waals surface area contributed by atoms with Crippen LogP contribution in [0.15, 0.2) is 54.6 Å². The maximum absolute atomic E-state index is 13.9. The maximum atomic E-state index is 13.9. The Morgan fingerprint density at radius 1 is 1.00 bits per heavy atom. The fourth-order valence-corrected chi connectivity index (χ4v) is 6.79. The van der Waals surface area contributed by atoms with Crippen LogP contribution in [0.1, 0.15) is 55.3 Å². The zero-order chi connectivity index (χ0) is 24.2. The molecule has 6 heteroatoms. The van der Waals surface area contributed by atoms with Gasteiger partial charge < -0.3 is 15.0 Å². The van der Waals surface area contributed by atoms with E-state index in [1.54, 1.807) is 7.11 Å². The average Bonchev–Trinajstić information content (AvgIpc) is 2.90. The molecule has 2 aromatic carbocycles. The smallest absolute Gasteiger partial charge is 0.257 e. The molecule has 1 N–H and O–H groups in total. The first-order chi connectivity index (χ1) is 17.2. The van der Waals surface area contributed by atoms with E-state index < -0.39 is 0 Å². The Bertz CT molecular complexity index is 1020. The van der Waals surface area contributed by atoms with Crippen LogP contribution in [0.25, 0.3) is 0 Å². The van der Waals surface area contributed by atoms with Crippen molar-refractivity contribution in [3.8, 4) is 5.75 Å². The van der Waals surface area contributed by atoms with Gasteiger partial charge in [0.05, 0.1) is 12.7 Å². The van der Waals surface area contributed by atoms with Gasteiger partial charge in [0.15, 0.2) is 0 Å². The molecule has 2 amide bonds. The van der Waals surface area contributed by atoms with Gasteiger partial charge in [-0.25, -0.2) is 0 Å². The van der Waals surface area contributed by atoms with Crippen LogP contribution in [0.5, 0.6) is 5.75 Å². The van der Waals surface area contributed by atoms with Crippen molar-refractivity contribution in [2.75, 3.05) is 32.1 Å². The molecule has 3 fully saturated rings. The minimum Gasteiger partial charge on any atom is -0.496 e. The fraction of sp³-hybridized carbons (Fsp3) is 0.517. The number of ether oxygens (including phenoxy) is 1. The number of nitrogens with one attached hydrogen (secondary N) is 1. The first-order valence-corrected chi connectivity index (χ1v) is 13.2. The molecule has 5 rings (SSSR count). The van der Waals surface area contributed by atoms with Crippen LogP contribution in [0.4, 0.5) is 5.69 Å². The third kappa shape index (κ3) is 5.08. The summed E-state index contributed by atoms with van der Waals surface area (Å²) in [5.74, 6) is 1.75. The second-order valence-electron chi connectivity index (χ2n) is 10.3. The highest BCUT2D eigenvalue weighted by Gasteiger charge is 2.49. The van der Waals surface area contributed by atoms with Gasteiger partial charge in [-0.05, 0) is 87.7 Å². The number of para-hydroxylation sites is 2. The Kier molecular flexibility index (Phi) is 7.37. The van der Waals surface area contributed by atoms with Gasteiger partial charge in [-0.15, -0.1) is 0 Å². The van der Waals surface area contributed by atoms with Gasteiger partial charge in [-0.2, -0.15) is 0 Å². The number of anilines is 1. The molecule has 4 atom stereocenters. The molecule has 186 valence electrons. The normalized spacial score (nSPS) is 26.0. The minimum atomic E-state index is 0.0374. The molecule has 0 radical (unpaired) electrons. The van der Waals surface area contributed by atoms with E-state index >= 15 is 0 Å². The monoisotopic (exact) mass is 475 g/mol. The van der Waals surface area contributed by atoms with Crippen molar-refractivity contribution in [2.24, 2.45) is 11.8 Å². The van der Waals surface area contributed by atoms with Crippen molar-refractivity contribution in [3.63, 3.8) is 0 Å². The molecule has 0 bridgehead atoms. The molecular formula is C29H37N3O3. The predicted octanol–water partition coefficient (Wildman–Crippen LogP) is 4.82. The molecule has 0 unspecified atom stereocenters. The minimum absolute atomic E-state index is 0.0374. The summed E-state index contributed by atoms with van der Waals surface area (Å²) in [5, 5.41) is 3.00. The van der Waals surface area contributed by atoms with Crippen molar-refractivity contribution < 1.29 is 14.3 Å². The van der Waals surface area contributed by atoms with Crippen molar-refractivity contribution >= 4 is 17.5 Å². The summed E-state index contributed by atoms with van der Waals surface area (Å²) in [6, 6.07) is 17.9. The van der Waals surface area contributed by atoms with Crippen molar-refractivity contribution in [1.29, 1.82) is 0 Å². The second kappa shape index (κ2) is 10.8. The molecule has 6 nitrogen and oxygen atoms in total. The van der Waals surface area contributed by atoms with Crippen LogP contribution >= 0.6 is 0 Å². The number of carbonyl (C=O) groups excluding carboxylic acids is 2.